The molecule has 152 valence electrons. The Balaban J connectivity index is 1.93. The molecule has 0 bridgehead atoms. The maximum absolute atomic E-state index is 12.9. The topological polar surface area (TPSA) is 92.5 Å². The van der Waals surface area contributed by atoms with Gasteiger partial charge in [0.1, 0.15) is 17.0 Å². The third-order valence-electron chi connectivity index (χ3n) is 4.18. The van der Waals surface area contributed by atoms with Gasteiger partial charge in [-0.1, -0.05) is 34.4 Å². The maximum Gasteiger partial charge on any atom is 0.261 e. The van der Waals surface area contributed by atoms with Gasteiger partial charge in [0, 0.05) is 25.3 Å². The lowest BCUT2D eigenvalue weighted by Gasteiger charge is -2.12. The smallest absolute Gasteiger partial charge is 0.261 e. The summed E-state index contributed by atoms with van der Waals surface area (Å²) < 4.78 is 30.6. The first-order valence-electron chi connectivity index (χ1n) is 8.37. The van der Waals surface area contributed by atoms with E-state index in [1.54, 1.807) is 25.1 Å². The molecule has 3 rings (SSSR count). The molecule has 0 aliphatic heterocycles. The predicted molar refractivity (Wildman–Crippen MR) is 112 cm³/mol. The van der Waals surface area contributed by atoms with Crippen molar-refractivity contribution in [2.45, 2.75) is 11.8 Å². The first kappa shape index (κ1) is 21.3. The van der Waals surface area contributed by atoms with Crippen LogP contribution in [0.15, 0.2) is 51.9 Å². The van der Waals surface area contributed by atoms with E-state index in [0.29, 0.717) is 27.1 Å². The normalized spacial score (nSPS) is 11.7. The lowest BCUT2D eigenvalue weighted by molar-refractivity contribution is 0.102. The van der Waals surface area contributed by atoms with Crippen LogP contribution in [0.1, 0.15) is 16.1 Å². The average molecular weight is 454 g/mol. The van der Waals surface area contributed by atoms with E-state index in [4.69, 9.17) is 27.7 Å². The summed E-state index contributed by atoms with van der Waals surface area (Å²) in [5, 5.41) is 7.32. The highest BCUT2D eigenvalue weighted by Crippen LogP contribution is 2.37. The van der Waals surface area contributed by atoms with Crippen LogP contribution in [0.2, 0.25) is 10.0 Å². The minimum atomic E-state index is -3.56. The molecule has 0 aliphatic carbocycles. The largest absolute Gasteiger partial charge is 0.360 e. The van der Waals surface area contributed by atoms with Crippen molar-refractivity contribution >= 4 is 44.8 Å². The van der Waals surface area contributed by atoms with E-state index in [2.05, 4.69) is 10.5 Å². The van der Waals surface area contributed by atoms with Gasteiger partial charge < -0.3 is 9.84 Å². The Morgan fingerprint density at radius 2 is 1.66 bits per heavy atom. The number of carbonyl (C=O) groups is 1. The van der Waals surface area contributed by atoms with Gasteiger partial charge in [-0.15, -0.1) is 0 Å². The average Bonchev–Trinajstić information content (AvgIpc) is 3.03. The van der Waals surface area contributed by atoms with Crippen molar-refractivity contribution in [3.05, 3.63) is 63.8 Å². The lowest BCUT2D eigenvalue weighted by atomic mass is 10.1. The molecule has 29 heavy (non-hydrogen) atoms. The monoisotopic (exact) mass is 453 g/mol. The quantitative estimate of drug-likeness (QED) is 0.615. The zero-order valence-electron chi connectivity index (χ0n) is 15.7. The van der Waals surface area contributed by atoms with Crippen LogP contribution in [-0.2, 0) is 10.0 Å². The van der Waals surface area contributed by atoms with Crippen LogP contribution in [0, 0.1) is 6.92 Å². The Kier molecular flexibility index (Phi) is 6.00. The number of carbonyl (C=O) groups excluding carboxylic acids is 1. The predicted octanol–water partition coefficient (Wildman–Crippen LogP) is 4.46. The molecule has 0 saturated carbocycles. The number of rotatable bonds is 5. The Labute approximate surface area is 178 Å². The molecule has 2 aromatic carbocycles. The zero-order chi connectivity index (χ0) is 21.3. The number of nitrogens with one attached hydrogen (secondary N) is 1. The van der Waals surface area contributed by atoms with Crippen LogP contribution in [-0.4, -0.2) is 37.9 Å². The van der Waals surface area contributed by atoms with Gasteiger partial charge in [-0.25, -0.2) is 12.7 Å². The van der Waals surface area contributed by atoms with E-state index in [9.17, 15) is 13.2 Å². The number of anilines is 1. The number of nitrogens with zero attached hydrogens (tertiary/aromatic N) is 2. The molecule has 0 spiro atoms. The fraction of sp³-hybridized carbons (Fsp3) is 0.158. The van der Waals surface area contributed by atoms with Crippen LogP contribution >= 0.6 is 23.2 Å². The molecule has 1 heterocycles. The number of sulfonamides is 1. The molecule has 10 heteroatoms. The highest BCUT2D eigenvalue weighted by molar-refractivity contribution is 7.89. The molecule has 7 nitrogen and oxygen atoms in total. The number of hydrogen-bond donors (Lipinski definition) is 1. The highest BCUT2D eigenvalue weighted by Gasteiger charge is 2.25. The molecule has 0 fully saturated rings. The molecular weight excluding hydrogens is 437 g/mol. The minimum absolute atomic E-state index is 0.116. The molecule has 0 atom stereocenters. The maximum atomic E-state index is 12.9. The first-order valence-corrected chi connectivity index (χ1v) is 10.6. The molecule has 1 amide bonds. The Morgan fingerprint density at radius 1 is 1.07 bits per heavy atom. The second kappa shape index (κ2) is 8.16. The lowest BCUT2D eigenvalue weighted by Crippen LogP contribution is -2.22. The van der Waals surface area contributed by atoms with E-state index in [0.717, 1.165) is 4.31 Å². The fourth-order valence-corrected chi connectivity index (χ4v) is 4.13. The van der Waals surface area contributed by atoms with Crippen molar-refractivity contribution in [1.82, 2.24) is 9.46 Å². The summed E-state index contributed by atoms with van der Waals surface area (Å²) in [5.41, 5.74) is 1.21. The van der Waals surface area contributed by atoms with Crippen molar-refractivity contribution < 1.29 is 17.7 Å². The second-order valence-electron chi connectivity index (χ2n) is 6.32. The third-order valence-corrected chi connectivity index (χ3v) is 6.64. The summed E-state index contributed by atoms with van der Waals surface area (Å²) in [6.45, 7) is 1.60. The molecule has 0 aliphatic rings. The summed E-state index contributed by atoms with van der Waals surface area (Å²) >= 11 is 12.5. The van der Waals surface area contributed by atoms with E-state index >= 15 is 0 Å². The molecule has 1 N–H and O–H groups in total. The van der Waals surface area contributed by atoms with E-state index in [1.165, 1.54) is 38.4 Å². The Hall–Kier alpha value is -2.39. The summed E-state index contributed by atoms with van der Waals surface area (Å²) in [6, 6.07) is 10.8. The fourth-order valence-electron chi connectivity index (χ4n) is 2.65. The van der Waals surface area contributed by atoms with E-state index in [1.807, 2.05) is 0 Å². The number of halogens is 2. The Bertz CT molecular complexity index is 1150. The first-order chi connectivity index (χ1) is 13.6. The second-order valence-corrected chi connectivity index (χ2v) is 9.29. The SMILES string of the molecule is Cc1onc(-c2c(Cl)cccc2Cl)c1C(=O)Nc1ccc(S(=O)(=O)N(C)C)cc1. The number of hydrogen-bond acceptors (Lipinski definition) is 5. The van der Waals surface area contributed by atoms with Crippen LogP contribution < -0.4 is 5.32 Å². The third kappa shape index (κ3) is 4.16. The zero-order valence-corrected chi connectivity index (χ0v) is 18.1. The summed E-state index contributed by atoms with van der Waals surface area (Å²) in [7, 11) is -0.667. The summed E-state index contributed by atoms with van der Waals surface area (Å²) in [5.74, 6) is -0.196. The van der Waals surface area contributed by atoms with Crippen molar-refractivity contribution in [3.8, 4) is 11.3 Å². The molecule has 1 aromatic heterocycles. The molecule has 0 radical (unpaired) electrons. The van der Waals surface area contributed by atoms with Gasteiger partial charge in [-0.05, 0) is 43.3 Å². The minimum Gasteiger partial charge on any atom is -0.360 e. The van der Waals surface area contributed by atoms with Crippen LogP contribution in [0.4, 0.5) is 5.69 Å². The van der Waals surface area contributed by atoms with Gasteiger partial charge in [0.25, 0.3) is 5.91 Å². The summed E-state index contributed by atoms with van der Waals surface area (Å²) in [6.07, 6.45) is 0. The van der Waals surface area contributed by atoms with Crippen molar-refractivity contribution in [3.63, 3.8) is 0 Å². The number of amides is 1. The van der Waals surface area contributed by atoms with Crippen molar-refractivity contribution in [2.24, 2.45) is 0 Å². The van der Waals surface area contributed by atoms with Gasteiger partial charge in [-0.3, -0.25) is 4.79 Å². The number of aromatic nitrogens is 1. The number of benzene rings is 2. The van der Waals surface area contributed by atoms with E-state index < -0.39 is 15.9 Å². The molecule has 0 saturated heterocycles. The molecule has 0 unspecified atom stereocenters. The van der Waals surface area contributed by atoms with Gasteiger partial charge in [0.15, 0.2) is 0 Å². The molecular formula is C19H17Cl2N3O4S. The van der Waals surface area contributed by atoms with Crippen molar-refractivity contribution in [2.75, 3.05) is 19.4 Å². The number of aryl methyl sites for hydroxylation is 1. The van der Waals surface area contributed by atoms with Gasteiger partial charge in [0.2, 0.25) is 10.0 Å². The van der Waals surface area contributed by atoms with Crippen molar-refractivity contribution in [1.29, 1.82) is 0 Å². The highest BCUT2D eigenvalue weighted by atomic mass is 35.5. The Morgan fingerprint density at radius 3 is 2.21 bits per heavy atom. The summed E-state index contributed by atoms with van der Waals surface area (Å²) in [4.78, 5) is 13.0. The standard InChI is InChI=1S/C19H17Cl2N3O4S/c1-11-16(18(23-28-11)17-14(20)5-4-6-15(17)21)19(25)22-12-7-9-13(10-8-12)29(26,27)24(2)3/h4-10H,1-3H3,(H,22,25). The van der Waals surface area contributed by atoms with Crippen LogP contribution in [0.3, 0.4) is 0 Å². The van der Waals surface area contributed by atoms with Crippen LogP contribution in [0.25, 0.3) is 11.3 Å². The van der Waals surface area contributed by atoms with Gasteiger partial charge in [-0.2, -0.15) is 0 Å². The van der Waals surface area contributed by atoms with E-state index in [-0.39, 0.29) is 16.2 Å². The van der Waals surface area contributed by atoms with Crippen LogP contribution in [0.5, 0.6) is 0 Å². The van der Waals surface area contributed by atoms with Gasteiger partial charge in [0.05, 0.1) is 14.9 Å². The van der Waals surface area contributed by atoms with Gasteiger partial charge >= 0.3 is 0 Å². The molecule has 3 aromatic rings.